The SMILES string of the molecule is CC[NH+]1CC[NH+](C[C@H](O)COc2ccccc2C(C)=O)CC1. The Morgan fingerprint density at radius 1 is 1.23 bits per heavy atom. The summed E-state index contributed by atoms with van der Waals surface area (Å²) in [5, 5.41) is 10.2. The van der Waals surface area contributed by atoms with Crippen molar-refractivity contribution in [2.45, 2.75) is 20.0 Å². The molecule has 1 aromatic rings. The van der Waals surface area contributed by atoms with Crippen LogP contribution in [0.1, 0.15) is 24.2 Å². The smallest absolute Gasteiger partial charge is 0.163 e. The lowest BCUT2D eigenvalue weighted by molar-refractivity contribution is -1.01. The molecule has 122 valence electrons. The average Bonchev–Trinajstić information content (AvgIpc) is 2.54. The molecule has 0 aromatic heterocycles. The Bertz CT molecular complexity index is 485. The van der Waals surface area contributed by atoms with Gasteiger partial charge in [-0.15, -0.1) is 0 Å². The van der Waals surface area contributed by atoms with Gasteiger partial charge in [-0.25, -0.2) is 0 Å². The number of hydrogen-bond acceptors (Lipinski definition) is 3. The second-order valence-electron chi connectivity index (χ2n) is 6.07. The zero-order valence-corrected chi connectivity index (χ0v) is 13.6. The van der Waals surface area contributed by atoms with Gasteiger partial charge in [-0.3, -0.25) is 4.79 Å². The minimum Gasteiger partial charge on any atom is -0.490 e. The molecule has 0 unspecified atom stereocenters. The number of hydrogen-bond donors (Lipinski definition) is 3. The van der Waals surface area contributed by atoms with Crippen molar-refractivity contribution in [2.24, 2.45) is 0 Å². The number of benzene rings is 1. The van der Waals surface area contributed by atoms with E-state index in [1.54, 1.807) is 17.0 Å². The van der Waals surface area contributed by atoms with Crippen LogP contribution < -0.4 is 14.5 Å². The Hall–Kier alpha value is -1.43. The minimum atomic E-state index is -0.502. The van der Waals surface area contributed by atoms with Crippen LogP contribution >= 0.6 is 0 Å². The zero-order chi connectivity index (χ0) is 15.9. The Kier molecular flexibility index (Phi) is 6.36. The Morgan fingerprint density at radius 2 is 1.86 bits per heavy atom. The van der Waals surface area contributed by atoms with Gasteiger partial charge in [0, 0.05) is 0 Å². The van der Waals surface area contributed by atoms with Gasteiger partial charge in [-0.2, -0.15) is 0 Å². The highest BCUT2D eigenvalue weighted by Gasteiger charge is 2.24. The van der Waals surface area contributed by atoms with E-state index in [9.17, 15) is 9.90 Å². The van der Waals surface area contributed by atoms with Crippen molar-refractivity contribution in [1.82, 2.24) is 0 Å². The molecule has 1 aromatic carbocycles. The van der Waals surface area contributed by atoms with Gasteiger partial charge in [0.05, 0.1) is 12.1 Å². The van der Waals surface area contributed by atoms with Gasteiger partial charge in [0.15, 0.2) is 5.78 Å². The number of aliphatic hydroxyl groups is 1. The quantitative estimate of drug-likeness (QED) is 0.534. The van der Waals surface area contributed by atoms with Crippen LogP contribution in [-0.4, -0.2) is 62.9 Å². The van der Waals surface area contributed by atoms with E-state index in [1.807, 2.05) is 12.1 Å². The maximum atomic E-state index is 11.5. The number of likely N-dealkylation sites (N-methyl/N-ethyl adjacent to an activating group) is 1. The topological polar surface area (TPSA) is 55.4 Å². The molecule has 0 spiro atoms. The molecular formula is C17H28N2O3+2. The van der Waals surface area contributed by atoms with Crippen LogP contribution in [-0.2, 0) is 0 Å². The van der Waals surface area contributed by atoms with E-state index in [0.29, 0.717) is 17.9 Å². The van der Waals surface area contributed by atoms with Gasteiger partial charge < -0.3 is 19.6 Å². The second-order valence-corrected chi connectivity index (χ2v) is 6.07. The number of rotatable bonds is 7. The standard InChI is InChI=1S/C17H26N2O3/c1-3-18-8-10-19(11-9-18)12-15(21)13-22-17-7-5-4-6-16(17)14(2)20/h4-7,15,21H,3,8-13H2,1-2H3/p+2/t15-/m0/s1. The molecule has 1 heterocycles. The number of ether oxygens (including phenoxy) is 1. The fraction of sp³-hybridized carbons (Fsp3) is 0.588. The predicted octanol–water partition coefficient (Wildman–Crippen LogP) is -1.57. The minimum absolute atomic E-state index is 0.0191. The van der Waals surface area contributed by atoms with Crippen molar-refractivity contribution in [3.05, 3.63) is 29.8 Å². The van der Waals surface area contributed by atoms with Crippen molar-refractivity contribution < 1.29 is 24.4 Å². The number of quaternary nitrogens is 2. The van der Waals surface area contributed by atoms with Crippen molar-refractivity contribution in [3.63, 3.8) is 0 Å². The molecule has 5 heteroatoms. The molecule has 0 saturated carbocycles. The number of para-hydroxylation sites is 1. The van der Waals surface area contributed by atoms with Gasteiger partial charge in [0.25, 0.3) is 0 Å². The van der Waals surface area contributed by atoms with E-state index < -0.39 is 6.10 Å². The molecule has 1 atom stereocenters. The van der Waals surface area contributed by atoms with Gasteiger partial charge in [-0.1, -0.05) is 12.1 Å². The van der Waals surface area contributed by atoms with E-state index in [0.717, 1.165) is 13.1 Å². The Labute approximate surface area is 132 Å². The molecular weight excluding hydrogens is 280 g/mol. The lowest BCUT2D eigenvalue weighted by Gasteiger charge is -2.30. The van der Waals surface area contributed by atoms with Gasteiger partial charge >= 0.3 is 0 Å². The third kappa shape index (κ3) is 4.80. The summed E-state index contributed by atoms with van der Waals surface area (Å²) in [5.41, 5.74) is 0.571. The molecule has 22 heavy (non-hydrogen) atoms. The molecule has 1 aliphatic heterocycles. The third-order valence-electron chi connectivity index (χ3n) is 4.39. The fourth-order valence-corrected chi connectivity index (χ4v) is 2.98. The predicted molar refractivity (Wildman–Crippen MR) is 84.7 cm³/mol. The lowest BCUT2D eigenvalue weighted by Crippen LogP contribution is -3.28. The molecule has 3 N–H and O–H groups in total. The molecule has 0 bridgehead atoms. The summed E-state index contributed by atoms with van der Waals surface area (Å²) in [5.74, 6) is 0.540. The van der Waals surface area contributed by atoms with Gasteiger partial charge in [0.2, 0.25) is 0 Å². The zero-order valence-electron chi connectivity index (χ0n) is 13.6. The fourth-order valence-electron chi connectivity index (χ4n) is 2.98. The Morgan fingerprint density at radius 3 is 2.50 bits per heavy atom. The summed E-state index contributed by atoms with van der Waals surface area (Å²) < 4.78 is 5.65. The first-order chi connectivity index (χ1) is 10.6. The van der Waals surface area contributed by atoms with E-state index in [4.69, 9.17) is 4.74 Å². The summed E-state index contributed by atoms with van der Waals surface area (Å²) in [4.78, 5) is 14.6. The lowest BCUT2D eigenvalue weighted by atomic mass is 10.1. The molecule has 0 amide bonds. The molecule has 1 fully saturated rings. The number of carbonyl (C=O) groups excluding carboxylic acids is 1. The monoisotopic (exact) mass is 308 g/mol. The number of piperazine rings is 1. The number of ketones is 1. The van der Waals surface area contributed by atoms with Crippen LogP contribution in [0.2, 0.25) is 0 Å². The van der Waals surface area contributed by atoms with Crippen molar-refractivity contribution in [1.29, 1.82) is 0 Å². The molecule has 2 rings (SSSR count). The van der Waals surface area contributed by atoms with Crippen LogP contribution in [0.25, 0.3) is 0 Å². The first-order valence-electron chi connectivity index (χ1n) is 8.18. The summed E-state index contributed by atoms with van der Waals surface area (Å²) in [6, 6.07) is 7.19. The van der Waals surface area contributed by atoms with E-state index in [1.165, 1.54) is 31.5 Å². The largest absolute Gasteiger partial charge is 0.490 e. The number of Topliss-reactive ketones (excluding diaryl/α,β-unsaturated/α-hetero) is 1. The number of aliphatic hydroxyl groups excluding tert-OH is 1. The van der Waals surface area contributed by atoms with Crippen LogP contribution in [0.5, 0.6) is 5.75 Å². The van der Waals surface area contributed by atoms with E-state index >= 15 is 0 Å². The highest BCUT2D eigenvalue weighted by molar-refractivity contribution is 5.96. The highest BCUT2D eigenvalue weighted by Crippen LogP contribution is 2.18. The highest BCUT2D eigenvalue weighted by atomic mass is 16.5. The summed E-state index contributed by atoms with van der Waals surface area (Å²) in [6.07, 6.45) is -0.502. The summed E-state index contributed by atoms with van der Waals surface area (Å²) >= 11 is 0. The second kappa shape index (κ2) is 8.27. The van der Waals surface area contributed by atoms with Gasteiger partial charge in [0.1, 0.15) is 51.2 Å². The molecule has 1 aliphatic rings. The maximum absolute atomic E-state index is 11.5. The van der Waals surface area contributed by atoms with Crippen LogP contribution in [0.3, 0.4) is 0 Å². The number of carbonyl (C=O) groups is 1. The Balaban J connectivity index is 1.79. The summed E-state index contributed by atoms with van der Waals surface area (Å²) in [6.45, 7) is 10.4. The third-order valence-corrected chi connectivity index (χ3v) is 4.39. The maximum Gasteiger partial charge on any atom is 0.163 e. The first kappa shape index (κ1) is 16.9. The van der Waals surface area contributed by atoms with E-state index in [2.05, 4.69) is 6.92 Å². The normalized spacial score (nSPS) is 23.0. The molecule has 0 aliphatic carbocycles. The average molecular weight is 308 g/mol. The van der Waals surface area contributed by atoms with Gasteiger partial charge in [-0.05, 0) is 26.0 Å². The molecule has 0 radical (unpaired) electrons. The van der Waals surface area contributed by atoms with E-state index in [-0.39, 0.29) is 12.4 Å². The van der Waals surface area contributed by atoms with Crippen molar-refractivity contribution in [3.8, 4) is 5.75 Å². The molecule has 1 saturated heterocycles. The van der Waals surface area contributed by atoms with Crippen LogP contribution in [0, 0.1) is 0 Å². The molecule has 5 nitrogen and oxygen atoms in total. The van der Waals surface area contributed by atoms with Crippen LogP contribution in [0.4, 0.5) is 0 Å². The number of nitrogens with one attached hydrogen (secondary N) is 2. The van der Waals surface area contributed by atoms with Crippen molar-refractivity contribution >= 4 is 5.78 Å². The van der Waals surface area contributed by atoms with Crippen molar-refractivity contribution in [2.75, 3.05) is 45.9 Å². The first-order valence-corrected chi connectivity index (χ1v) is 8.18. The summed E-state index contributed by atoms with van der Waals surface area (Å²) in [7, 11) is 0. The van der Waals surface area contributed by atoms with Crippen LogP contribution in [0.15, 0.2) is 24.3 Å².